The Balaban J connectivity index is 1.87. The highest BCUT2D eigenvalue weighted by Crippen LogP contribution is 2.26. The number of carbonyl (C=O) groups is 1. The van der Waals surface area contributed by atoms with Gasteiger partial charge in [-0.05, 0) is 37.6 Å². The van der Waals surface area contributed by atoms with Gasteiger partial charge >= 0.3 is 0 Å². The van der Waals surface area contributed by atoms with Crippen molar-refractivity contribution in [2.75, 3.05) is 10.8 Å². The summed E-state index contributed by atoms with van der Waals surface area (Å²) in [7, 11) is -4.03. The van der Waals surface area contributed by atoms with Gasteiger partial charge in [0.2, 0.25) is 0 Å². The van der Waals surface area contributed by atoms with Gasteiger partial charge in [-0.25, -0.2) is 13.8 Å². The van der Waals surface area contributed by atoms with Crippen molar-refractivity contribution in [3.63, 3.8) is 0 Å². The number of amides is 1. The van der Waals surface area contributed by atoms with E-state index in [1.54, 1.807) is 62.4 Å². The van der Waals surface area contributed by atoms with E-state index < -0.39 is 27.4 Å². The highest BCUT2D eigenvalue weighted by Gasteiger charge is 2.28. The molecular weight excluding hydrogens is 444 g/mol. The first-order valence-electron chi connectivity index (χ1n) is 9.91. The molecule has 0 spiro atoms. The lowest BCUT2D eigenvalue weighted by atomic mass is 10.1. The van der Waals surface area contributed by atoms with Crippen LogP contribution in [0.3, 0.4) is 0 Å². The maximum Gasteiger partial charge on any atom is 0.270 e. The van der Waals surface area contributed by atoms with E-state index in [1.165, 1.54) is 30.3 Å². The minimum Gasteiger partial charge on any atom is -0.271 e. The van der Waals surface area contributed by atoms with Crippen molar-refractivity contribution in [3.05, 3.63) is 100 Å². The Morgan fingerprint density at radius 3 is 2.36 bits per heavy atom. The predicted octanol–water partition coefficient (Wildman–Crippen LogP) is 3.64. The molecule has 0 saturated heterocycles. The van der Waals surface area contributed by atoms with Gasteiger partial charge in [-0.15, -0.1) is 0 Å². The molecule has 0 fully saturated rings. The van der Waals surface area contributed by atoms with Crippen molar-refractivity contribution < 1.29 is 18.1 Å². The molecule has 0 aliphatic rings. The molecule has 3 aromatic carbocycles. The SMILES string of the molecule is C/C(=N\NC(=O)CN(c1ccccc1C)S(=O)(=O)c1ccccc1)c1cccc([N+](=O)[O-])c1. The number of sulfonamides is 1. The molecule has 33 heavy (non-hydrogen) atoms. The average Bonchev–Trinajstić information content (AvgIpc) is 2.82. The van der Waals surface area contributed by atoms with E-state index in [-0.39, 0.29) is 10.6 Å². The number of nitrogens with one attached hydrogen (secondary N) is 1. The molecule has 1 amide bonds. The van der Waals surface area contributed by atoms with Crippen molar-refractivity contribution in [3.8, 4) is 0 Å². The Morgan fingerprint density at radius 1 is 1.03 bits per heavy atom. The lowest BCUT2D eigenvalue weighted by Gasteiger charge is -2.25. The number of nitrogens with zero attached hydrogens (tertiary/aromatic N) is 3. The molecule has 0 atom stereocenters. The average molecular weight is 467 g/mol. The molecule has 10 heteroatoms. The summed E-state index contributed by atoms with van der Waals surface area (Å²) in [6.45, 7) is 2.83. The molecule has 0 aliphatic carbocycles. The molecule has 0 aromatic heterocycles. The van der Waals surface area contributed by atoms with Gasteiger partial charge in [0.25, 0.3) is 21.6 Å². The molecule has 1 N–H and O–H groups in total. The molecule has 3 rings (SSSR count). The normalized spacial score (nSPS) is 11.6. The number of hydrogen-bond donors (Lipinski definition) is 1. The van der Waals surface area contributed by atoms with Crippen LogP contribution in [-0.4, -0.2) is 31.5 Å². The second-order valence-electron chi connectivity index (χ2n) is 7.15. The molecule has 170 valence electrons. The predicted molar refractivity (Wildman–Crippen MR) is 126 cm³/mol. The monoisotopic (exact) mass is 466 g/mol. The largest absolute Gasteiger partial charge is 0.271 e. The van der Waals surface area contributed by atoms with Crippen LogP contribution in [0.2, 0.25) is 0 Å². The van der Waals surface area contributed by atoms with Crippen LogP contribution in [0.25, 0.3) is 0 Å². The summed E-state index contributed by atoms with van der Waals surface area (Å²) in [6.07, 6.45) is 0. The van der Waals surface area contributed by atoms with Crippen LogP contribution >= 0.6 is 0 Å². The zero-order valence-electron chi connectivity index (χ0n) is 18.0. The van der Waals surface area contributed by atoms with E-state index in [1.807, 2.05) is 0 Å². The number of anilines is 1. The first kappa shape index (κ1) is 23.6. The fourth-order valence-corrected chi connectivity index (χ4v) is 4.59. The second kappa shape index (κ2) is 10.0. The maximum atomic E-state index is 13.3. The van der Waals surface area contributed by atoms with Gasteiger partial charge in [-0.3, -0.25) is 19.2 Å². The summed E-state index contributed by atoms with van der Waals surface area (Å²) in [5, 5.41) is 15.0. The van der Waals surface area contributed by atoms with Gasteiger partial charge < -0.3 is 0 Å². The zero-order valence-corrected chi connectivity index (χ0v) is 18.8. The molecule has 0 aliphatic heterocycles. The van der Waals surface area contributed by atoms with Gasteiger partial charge in [0.05, 0.1) is 21.2 Å². The Labute approximate surface area is 191 Å². The van der Waals surface area contributed by atoms with Crippen molar-refractivity contribution in [1.29, 1.82) is 0 Å². The van der Waals surface area contributed by atoms with Crippen LogP contribution in [0.15, 0.2) is 88.9 Å². The Kier molecular flexibility index (Phi) is 7.19. The number of non-ortho nitro benzene ring substituents is 1. The standard InChI is InChI=1S/C23H22N4O5S/c1-17-9-6-7-14-22(17)26(33(31,32)21-12-4-3-5-13-21)16-23(28)25-24-18(2)19-10-8-11-20(15-19)27(29)30/h3-15H,16H2,1-2H3,(H,25,28)/b24-18+. The van der Waals surface area contributed by atoms with Gasteiger partial charge in [0, 0.05) is 17.7 Å². The van der Waals surface area contributed by atoms with E-state index in [9.17, 15) is 23.3 Å². The van der Waals surface area contributed by atoms with E-state index in [0.717, 1.165) is 4.31 Å². The minimum atomic E-state index is -4.03. The Bertz CT molecular complexity index is 1310. The summed E-state index contributed by atoms with van der Waals surface area (Å²) in [6, 6.07) is 20.5. The third-order valence-corrected chi connectivity index (χ3v) is 6.60. The lowest BCUT2D eigenvalue weighted by Crippen LogP contribution is -2.40. The first-order valence-corrected chi connectivity index (χ1v) is 11.4. The van der Waals surface area contributed by atoms with Crippen LogP contribution in [0, 0.1) is 17.0 Å². The highest BCUT2D eigenvalue weighted by atomic mass is 32.2. The second-order valence-corrected chi connectivity index (χ2v) is 9.01. The third-order valence-electron chi connectivity index (χ3n) is 4.83. The third kappa shape index (κ3) is 5.60. The topological polar surface area (TPSA) is 122 Å². The number of nitro groups is 1. The maximum absolute atomic E-state index is 13.3. The molecule has 3 aromatic rings. The molecule has 0 unspecified atom stereocenters. The molecule has 0 heterocycles. The highest BCUT2D eigenvalue weighted by molar-refractivity contribution is 7.92. The van der Waals surface area contributed by atoms with Crippen LogP contribution in [-0.2, 0) is 14.8 Å². The number of rotatable bonds is 8. The fraction of sp³-hybridized carbons (Fsp3) is 0.130. The van der Waals surface area contributed by atoms with Crippen LogP contribution in [0.4, 0.5) is 11.4 Å². The van der Waals surface area contributed by atoms with E-state index >= 15 is 0 Å². The van der Waals surface area contributed by atoms with Gasteiger partial charge in [-0.2, -0.15) is 5.10 Å². The number of hydrazone groups is 1. The van der Waals surface area contributed by atoms with Gasteiger partial charge in [0.1, 0.15) is 6.54 Å². The van der Waals surface area contributed by atoms with Crippen molar-refractivity contribution in [2.24, 2.45) is 5.10 Å². The number of carbonyl (C=O) groups excluding carboxylic acids is 1. The molecule has 0 radical (unpaired) electrons. The Morgan fingerprint density at radius 2 is 1.70 bits per heavy atom. The molecular formula is C23H22N4O5S. The van der Waals surface area contributed by atoms with Crippen LogP contribution < -0.4 is 9.73 Å². The minimum absolute atomic E-state index is 0.0531. The van der Waals surface area contributed by atoms with E-state index in [2.05, 4.69) is 10.5 Å². The van der Waals surface area contributed by atoms with Crippen molar-refractivity contribution >= 4 is 33.0 Å². The van der Waals surface area contributed by atoms with Gasteiger partial charge in [-0.1, -0.05) is 48.5 Å². The van der Waals surface area contributed by atoms with Crippen LogP contribution in [0.1, 0.15) is 18.1 Å². The summed E-state index contributed by atoms with van der Waals surface area (Å²) in [5.74, 6) is -0.664. The number of aryl methyl sites for hydroxylation is 1. The number of benzene rings is 3. The quantitative estimate of drug-likeness (QED) is 0.309. The van der Waals surface area contributed by atoms with Gasteiger partial charge in [0.15, 0.2) is 0 Å². The number of nitro benzene ring substituents is 1. The van der Waals surface area contributed by atoms with E-state index in [0.29, 0.717) is 22.5 Å². The summed E-state index contributed by atoms with van der Waals surface area (Å²) in [4.78, 5) is 23.2. The Hall–Kier alpha value is -4.05. The summed E-state index contributed by atoms with van der Waals surface area (Å²) >= 11 is 0. The van der Waals surface area contributed by atoms with Crippen LogP contribution in [0.5, 0.6) is 0 Å². The first-order chi connectivity index (χ1) is 15.7. The molecule has 0 saturated carbocycles. The fourth-order valence-electron chi connectivity index (χ4n) is 3.08. The zero-order chi connectivity index (χ0) is 24.0. The summed E-state index contributed by atoms with van der Waals surface area (Å²) in [5.41, 5.74) is 4.08. The number of hydrogen-bond acceptors (Lipinski definition) is 6. The lowest BCUT2D eigenvalue weighted by molar-refractivity contribution is -0.384. The molecule has 9 nitrogen and oxygen atoms in total. The number of para-hydroxylation sites is 1. The molecule has 0 bridgehead atoms. The van der Waals surface area contributed by atoms with E-state index in [4.69, 9.17) is 0 Å². The summed E-state index contributed by atoms with van der Waals surface area (Å²) < 4.78 is 27.7. The van der Waals surface area contributed by atoms with Crippen molar-refractivity contribution in [1.82, 2.24) is 5.43 Å². The van der Waals surface area contributed by atoms with Crippen molar-refractivity contribution in [2.45, 2.75) is 18.7 Å². The smallest absolute Gasteiger partial charge is 0.270 e.